The second kappa shape index (κ2) is 36.6. The van der Waals surface area contributed by atoms with Gasteiger partial charge in [0.2, 0.25) is 5.75 Å². The van der Waals surface area contributed by atoms with Crippen molar-refractivity contribution in [1.82, 2.24) is 19.9 Å². The van der Waals surface area contributed by atoms with Gasteiger partial charge in [-0.05, 0) is 92.1 Å². The number of ether oxygens (including phenoxy) is 14. The number of H-pyrrole nitrogens is 2. The number of benzene rings is 1. The summed E-state index contributed by atoms with van der Waals surface area (Å²) in [4.78, 5) is 71.7. The molecule has 4 aromatic rings. The zero-order valence-corrected chi connectivity index (χ0v) is 53.5. The number of ketones is 1. The summed E-state index contributed by atoms with van der Waals surface area (Å²) in [5, 5.41) is 9.53. The van der Waals surface area contributed by atoms with Gasteiger partial charge in [0.15, 0.2) is 17.3 Å². The third kappa shape index (κ3) is 19.2. The van der Waals surface area contributed by atoms with Crippen molar-refractivity contribution in [3.8, 4) is 29.1 Å². The van der Waals surface area contributed by atoms with Gasteiger partial charge in [0.1, 0.15) is 26.4 Å². The van der Waals surface area contributed by atoms with Gasteiger partial charge < -0.3 is 81.4 Å². The highest BCUT2D eigenvalue weighted by Gasteiger charge is 2.38. The average Bonchev–Trinajstić information content (AvgIpc) is 1.59. The fraction of sp³-hybridized carbons (Fsp3) is 0.552. The lowest BCUT2D eigenvalue weighted by Crippen LogP contribution is -2.16. The number of unbranched alkanes of at least 4 members (excludes halogenated alkanes) is 1. The summed E-state index contributed by atoms with van der Waals surface area (Å²) in [7, 11) is 6.18. The molecular weight excluding hydrogens is 1160 g/mol. The lowest BCUT2D eigenvalue weighted by atomic mass is 9.84. The number of carboxylic acids is 1. The van der Waals surface area contributed by atoms with Gasteiger partial charge in [-0.1, -0.05) is 25.7 Å². The van der Waals surface area contributed by atoms with Crippen LogP contribution in [0.15, 0.2) is 24.3 Å². The molecule has 5 heterocycles. The smallest absolute Gasteiger partial charge is 0.340 e. The van der Waals surface area contributed by atoms with Gasteiger partial charge >= 0.3 is 17.9 Å². The topological polar surface area (TPSA) is 275 Å². The highest BCUT2D eigenvalue weighted by atomic mass is 16.6. The zero-order chi connectivity index (χ0) is 64.4. The van der Waals surface area contributed by atoms with Gasteiger partial charge in [0.25, 0.3) is 0 Å². The number of fused-ring (bicyclic) bond motifs is 8. The Bertz CT molecular complexity index is 3310. The third-order valence-electron chi connectivity index (χ3n) is 15.5. The Kier molecular flexibility index (Phi) is 28.5. The molecule has 23 heteroatoms. The third-order valence-corrected chi connectivity index (χ3v) is 15.5. The van der Waals surface area contributed by atoms with E-state index in [0.717, 1.165) is 27.8 Å². The fourth-order valence-corrected chi connectivity index (χ4v) is 10.9. The molecule has 3 aromatic heterocycles. The van der Waals surface area contributed by atoms with Crippen LogP contribution in [0, 0.1) is 25.7 Å². The number of aryl methyl sites for hydroxylation is 2. The van der Waals surface area contributed by atoms with Crippen molar-refractivity contribution in [2.45, 2.75) is 98.0 Å². The number of aliphatic carboxylic acids is 1. The number of carboxylic acid groups (broad SMARTS) is 1. The molecular formula is C67H88N4O19. The molecule has 23 nitrogen and oxygen atoms in total. The molecule has 0 radical (unpaired) electrons. The minimum Gasteiger partial charge on any atom is -0.487 e. The molecule has 90 heavy (non-hydrogen) atoms. The molecule has 3 aliphatic rings. The number of hydrogen-bond acceptors (Lipinski definition) is 20. The number of aromatic amines is 2. The predicted molar refractivity (Wildman–Crippen MR) is 335 cm³/mol. The second-order valence-electron chi connectivity index (χ2n) is 21.5. The van der Waals surface area contributed by atoms with Crippen molar-refractivity contribution in [1.29, 1.82) is 0 Å². The van der Waals surface area contributed by atoms with Crippen LogP contribution in [0.3, 0.4) is 0 Å². The summed E-state index contributed by atoms with van der Waals surface area (Å²) in [5.41, 5.74) is 10.4. The lowest BCUT2D eigenvalue weighted by molar-refractivity contribution is -0.141. The maximum Gasteiger partial charge on any atom is 0.340 e. The quantitative estimate of drug-likeness (QED) is 0.0213. The monoisotopic (exact) mass is 1250 g/mol. The summed E-state index contributed by atoms with van der Waals surface area (Å²) >= 11 is 0. The van der Waals surface area contributed by atoms with Crippen molar-refractivity contribution in [2.75, 3.05) is 147 Å². The van der Waals surface area contributed by atoms with Gasteiger partial charge in [-0.2, -0.15) is 0 Å². The number of nitrogens with one attached hydrogen (secondary N) is 2. The van der Waals surface area contributed by atoms with Crippen LogP contribution >= 0.6 is 0 Å². The van der Waals surface area contributed by atoms with Gasteiger partial charge in [-0.25, -0.2) is 9.78 Å². The molecule has 0 unspecified atom stereocenters. The first kappa shape index (κ1) is 70.2. The Labute approximate surface area is 526 Å². The molecule has 0 amide bonds. The predicted octanol–water partition coefficient (Wildman–Crippen LogP) is 8.99. The number of nitrogens with zero attached hydrogens (tertiary/aromatic N) is 2. The largest absolute Gasteiger partial charge is 0.487 e. The van der Waals surface area contributed by atoms with Crippen LogP contribution in [0.4, 0.5) is 0 Å². The highest BCUT2D eigenvalue weighted by molar-refractivity contribution is 6.13. The molecule has 7 rings (SSSR count). The van der Waals surface area contributed by atoms with Gasteiger partial charge in [-0.15, -0.1) is 0 Å². The summed E-state index contributed by atoms with van der Waals surface area (Å²) in [6, 6.07) is 7.25. The minimum absolute atomic E-state index is 0.0478. The van der Waals surface area contributed by atoms with E-state index in [0.29, 0.717) is 172 Å². The Morgan fingerprint density at radius 2 is 1.19 bits per heavy atom. The molecule has 1 aliphatic carbocycles. The molecule has 0 spiro atoms. The Balaban J connectivity index is 1.33. The second-order valence-corrected chi connectivity index (χ2v) is 21.5. The number of hydrogen-bond donors (Lipinski definition) is 3. The van der Waals surface area contributed by atoms with Crippen LogP contribution < -0.4 is 14.2 Å². The van der Waals surface area contributed by atoms with Crippen LogP contribution in [0.1, 0.15) is 142 Å². The van der Waals surface area contributed by atoms with E-state index in [-0.39, 0.29) is 107 Å². The molecule has 490 valence electrons. The lowest BCUT2D eigenvalue weighted by Gasteiger charge is -2.19. The van der Waals surface area contributed by atoms with E-state index in [1.54, 1.807) is 33.5 Å². The molecule has 0 saturated heterocycles. The summed E-state index contributed by atoms with van der Waals surface area (Å²) in [6.45, 7) is 15.3. The molecule has 2 aliphatic heterocycles. The van der Waals surface area contributed by atoms with Crippen molar-refractivity contribution in [2.24, 2.45) is 0 Å². The Morgan fingerprint density at radius 3 is 1.74 bits per heavy atom. The van der Waals surface area contributed by atoms with E-state index in [1.807, 2.05) is 39.8 Å². The van der Waals surface area contributed by atoms with Crippen LogP contribution in [-0.4, -0.2) is 196 Å². The summed E-state index contributed by atoms with van der Waals surface area (Å²) in [5.74, 6) is 4.68. The number of esters is 2. The van der Waals surface area contributed by atoms with Crippen LogP contribution in [-0.2, 0) is 74.7 Å². The first-order valence-electron chi connectivity index (χ1n) is 30.7. The Hall–Kier alpha value is -7.24. The fourth-order valence-electron chi connectivity index (χ4n) is 10.9. The van der Waals surface area contributed by atoms with Crippen molar-refractivity contribution >= 4 is 56.9 Å². The number of aromatic nitrogens is 4. The molecule has 3 N–H and O–H groups in total. The van der Waals surface area contributed by atoms with Crippen LogP contribution in [0.5, 0.6) is 17.2 Å². The van der Waals surface area contributed by atoms with Gasteiger partial charge in [0.05, 0.1) is 157 Å². The van der Waals surface area contributed by atoms with Crippen molar-refractivity contribution in [3.05, 3.63) is 86.0 Å². The zero-order valence-electron chi connectivity index (χ0n) is 53.5. The standard InChI is InChI=1S/C67H88N4O19/c1-10-47-42(2)51-40-54-60(45(5)63(70-54)49(14-12-11-13-15-58(73)74)62-43(3)48(16-17-59(75)80-9)64(71-62)50-38-55(72)61-44(4)52(69-65(50)61)39-53(47)68-51)67(76)90-41-46-36-56(87-33-30-84-27-24-81-21-18-77-6)66(89-35-32-86-29-26-83-23-20-79-8)57(37-46)88-34-31-85-28-25-82-22-19-78-7/h36-37,39-40,43,48,69-70H,10-11,13,15-35,38,41H2,1-9H3,(H,73,74)/t43-,48-/m0/s1. The number of allylic oxidation sites excluding steroid dienone is 2. The van der Waals surface area contributed by atoms with Crippen molar-refractivity contribution in [3.63, 3.8) is 0 Å². The van der Waals surface area contributed by atoms with Crippen LogP contribution in [0.25, 0.3) is 33.2 Å². The van der Waals surface area contributed by atoms with E-state index in [2.05, 4.69) is 28.7 Å². The number of rotatable bonds is 40. The van der Waals surface area contributed by atoms with Crippen molar-refractivity contribution < 1.29 is 90.6 Å². The normalized spacial score (nSPS) is 14.3. The first-order chi connectivity index (χ1) is 43.7. The molecule has 0 fully saturated rings. The Morgan fingerprint density at radius 1 is 0.644 bits per heavy atom. The molecule has 8 bridgehead atoms. The summed E-state index contributed by atoms with van der Waals surface area (Å²) < 4.78 is 80.0. The number of carbonyl (C=O) groups is 4. The first-order valence-corrected chi connectivity index (χ1v) is 30.7. The van der Waals surface area contributed by atoms with E-state index >= 15 is 4.79 Å². The van der Waals surface area contributed by atoms with Gasteiger partial charge in [-0.3, -0.25) is 19.4 Å². The number of methoxy groups -OCH3 is 4. The molecule has 1 aromatic carbocycles. The molecule has 2 atom stereocenters. The minimum atomic E-state index is -0.940. The number of Topliss-reactive ketones (excluding diaryl/α,β-unsaturated/α-hetero) is 1. The van der Waals surface area contributed by atoms with E-state index in [4.69, 9.17) is 76.3 Å². The van der Waals surface area contributed by atoms with Gasteiger partial charge in [0, 0.05) is 75.5 Å². The number of carbonyl (C=O) groups excluding carboxylic acids is 3. The summed E-state index contributed by atoms with van der Waals surface area (Å²) in [6.07, 6.45) is 1.63. The SMILES string of the molecule is CCC1=C(C)c2cc3[nH]c(c(C)c3C(=O)OCc3cc(OCCOCCOCCOC)c(OCCOCCOCCOC)c(OCCOCCOCCOC)c3)c(C#CCCCC(=O)O)c3nc(c4c5[nH]c(cc1n2)c(C)c5C(=O)C4)[C@@H](CCC(=O)OC)[C@@H]3C. The molecule has 0 saturated carbocycles. The maximum absolute atomic E-state index is 15.3. The highest BCUT2D eigenvalue weighted by Crippen LogP contribution is 2.46. The van der Waals surface area contributed by atoms with Crippen LogP contribution in [0.2, 0.25) is 0 Å². The average molecular weight is 1250 g/mol. The maximum atomic E-state index is 15.3. The van der Waals surface area contributed by atoms with E-state index in [9.17, 15) is 19.5 Å². The van der Waals surface area contributed by atoms with E-state index < -0.39 is 11.9 Å². The van der Waals surface area contributed by atoms with E-state index in [1.165, 1.54) is 7.11 Å².